The van der Waals surface area contributed by atoms with Gasteiger partial charge < -0.3 is 4.74 Å². The maximum atomic E-state index is 12.0. The highest BCUT2D eigenvalue weighted by Crippen LogP contribution is 2.12. The molecule has 1 saturated heterocycles. The Kier molecular flexibility index (Phi) is 4.99. The highest BCUT2D eigenvalue weighted by molar-refractivity contribution is 6.18. The van der Waals surface area contributed by atoms with Gasteiger partial charge in [0.05, 0.1) is 19.4 Å². The topological polar surface area (TPSA) is 12.5 Å². The molecule has 0 saturated carbocycles. The van der Waals surface area contributed by atoms with E-state index >= 15 is 0 Å². The molecule has 4 heteroatoms. The predicted molar refractivity (Wildman–Crippen MR) is 52.1 cm³/mol. The summed E-state index contributed by atoms with van der Waals surface area (Å²) in [6.07, 6.45) is 0.733. The molecule has 0 bridgehead atoms. The van der Waals surface area contributed by atoms with Crippen LogP contribution in [0.3, 0.4) is 0 Å². The van der Waals surface area contributed by atoms with Crippen LogP contribution in [0.25, 0.3) is 0 Å². The summed E-state index contributed by atoms with van der Waals surface area (Å²) in [6.45, 7) is 4.22. The first-order valence-corrected chi connectivity index (χ1v) is 5.29. The third-order valence-corrected chi connectivity index (χ3v) is 2.73. The average Bonchev–Trinajstić information content (AvgIpc) is 2.17. The molecule has 0 aromatic heterocycles. The monoisotopic (exact) mass is 209 g/mol. The summed E-state index contributed by atoms with van der Waals surface area (Å²) >= 11 is 5.70. The second-order valence-corrected chi connectivity index (χ2v) is 3.80. The lowest BCUT2D eigenvalue weighted by Crippen LogP contribution is -2.49. The fourth-order valence-corrected chi connectivity index (χ4v) is 1.73. The second kappa shape index (κ2) is 5.78. The van der Waals surface area contributed by atoms with Gasteiger partial charge in [-0.3, -0.25) is 9.29 Å². The molecule has 0 aromatic carbocycles. The van der Waals surface area contributed by atoms with Crippen molar-refractivity contribution in [2.75, 3.05) is 32.3 Å². The van der Waals surface area contributed by atoms with Gasteiger partial charge >= 0.3 is 0 Å². The van der Waals surface area contributed by atoms with Gasteiger partial charge in [0.15, 0.2) is 0 Å². The van der Waals surface area contributed by atoms with E-state index in [0.717, 1.165) is 13.1 Å². The summed E-state index contributed by atoms with van der Waals surface area (Å²) < 4.78 is 17.5. The highest BCUT2D eigenvalue weighted by atomic mass is 35.5. The van der Waals surface area contributed by atoms with Crippen molar-refractivity contribution < 1.29 is 9.13 Å². The molecule has 1 rings (SSSR count). The van der Waals surface area contributed by atoms with Gasteiger partial charge in [0.1, 0.15) is 0 Å². The van der Waals surface area contributed by atoms with Crippen molar-refractivity contribution >= 4 is 11.6 Å². The molecular formula is C9H17ClFNO. The molecule has 1 fully saturated rings. The molecule has 2 unspecified atom stereocenters. The summed E-state index contributed by atoms with van der Waals surface area (Å²) in [5, 5.41) is 0. The first kappa shape index (κ1) is 11.2. The molecule has 2 atom stereocenters. The van der Waals surface area contributed by atoms with Gasteiger partial charge in [-0.05, 0) is 13.3 Å². The maximum Gasteiger partial charge on any atom is 0.0906 e. The SMILES string of the molecule is CC1COC(CCl)CN1CCCF. The number of alkyl halides is 2. The lowest BCUT2D eigenvalue weighted by molar-refractivity contribution is -0.0482. The minimum atomic E-state index is -0.240. The van der Waals surface area contributed by atoms with Gasteiger partial charge in [-0.2, -0.15) is 0 Å². The summed E-state index contributed by atoms with van der Waals surface area (Å²) in [5.41, 5.74) is 0. The zero-order valence-electron chi connectivity index (χ0n) is 8.01. The molecule has 2 nitrogen and oxygen atoms in total. The van der Waals surface area contributed by atoms with Crippen LogP contribution in [0.2, 0.25) is 0 Å². The number of hydrogen-bond acceptors (Lipinski definition) is 2. The standard InChI is InChI=1S/C9H17ClFNO/c1-8-7-13-9(5-10)6-12(8)4-2-3-11/h8-9H,2-7H2,1H3. The van der Waals surface area contributed by atoms with Gasteiger partial charge in [0.25, 0.3) is 0 Å². The molecule has 0 radical (unpaired) electrons. The minimum Gasteiger partial charge on any atom is -0.374 e. The quantitative estimate of drug-likeness (QED) is 0.654. The van der Waals surface area contributed by atoms with Crippen LogP contribution in [0, 0.1) is 0 Å². The molecule has 1 heterocycles. The van der Waals surface area contributed by atoms with Gasteiger partial charge in [0.2, 0.25) is 0 Å². The van der Waals surface area contributed by atoms with E-state index in [9.17, 15) is 4.39 Å². The Balaban J connectivity index is 2.31. The Morgan fingerprint density at radius 2 is 2.38 bits per heavy atom. The predicted octanol–water partition coefficient (Wildman–Crippen LogP) is 1.67. The first-order valence-electron chi connectivity index (χ1n) is 4.75. The number of morpholine rings is 1. The Labute approximate surface area is 84.0 Å². The van der Waals surface area contributed by atoms with Crippen LogP contribution in [-0.4, -0.2) is 49.3 Å². The van der Waals surface area contributed by atoms with E-state index in [4.69, 9.17) is 16.3 Å². The molecule has 0 N–H and O–H groups in total. The van der Waals surface area contributed by atoms with Crippen molar-refractivity contribution in [2.24, 2.45) is 0 Å². The van der Waals surface area contributed by atoms with E-state index in [1.54, 1.807) is 0 Å². The summed E-state index contributed by atoms with van der Waals surface area (Å²) in [4.78, 5) is 2.25. The van der Waals surface area contributed by atoms with Crippen LogP contribution in [0.1, 0.15) is 13.3 Å². The Morgan fingerprint density at radius 1 is 1.62 bits per heavy atom. The normalized spacial score (nSPS) is 30.7. The smallest absolute Gasteiger partial charge is 0.0906 e. The van der Waals surface area contributed by atoms with Gasteiger partial charge in [-0.25, -0.2) is 0 Å². The van der Waals surface area contributed by atoms with E-state index in [1.165, 1.54) is 0 Å². The largest absolute Gasteiger partial charge is 0.374 e. The van der Waals surface area contributed by atoms with E-state index in [-0.39, 0.29) is 12.8 Å². The van der Waals surface area contributed by atoms with Crippen molar-refractivity contribution in [1.29, 1.82) is 0 Å². The molecule has 0 amide bonds. The van der Waals surface area contributed by atoms with Crippen LogP contribution in [0.4, 0.5) is 4.39 Å². The number of ether oxygens (including phenoxy) is 1. The van der Waals surface area contributed by atoms with E-state index < -0.39 is 0 Å². The first-order chi connectivity index (χ1) is 6.27. The van der Waals surface area contributed by atoms with Crippen molar-refractivity contribution in [3.8, 4) is 0 Å². The van der Waals surface area contributed by atoms with Crippen molar-refractivity contribution in [3.63, 3.8) is 0 Å². The number of nitrogens with zero attached hydrogens (tertiary/aromatic N) is 1. The minimum absolute atomic E-state index is 0.123. The molecular weight excluding hydrogens is 193 g/mol. The van der Waals surface area contributed by atoms with Gasteiger partial charge in [-0.1, -0.05) is 0 Å². The lowest BCUT2D eigenvalue weighted by Gasteiger charge is -2.37. The Hall–Kier alpha value is 0.140. The number of rotatable bonds is 4. The van der Waals surface area contributed by atoms with Crippen LogP contribution in [-0.2, 0) is 4.74 Å². The van der Waals surface area contributed by atoms with E-state index in [0.29, 0.717) is 24.9 Å². The van der Waals surface area contributed by atoms with Crippen LogP contribution in [0.15, 0.2) is 0 Å². The summed E-state index contributed by atoms with van der Waals surface area (Å²) in [5.74, 6) is 0.527. The molecule has 78 valence electrons. The Bertz CT molecular complexity index is 148. The van der Waals surface area contributed by atoms with Crippen LogP contribution in [0.5, 0.6) is 0 Å². The highest BCUT2D eigenvalue weighted by Gasteiger charge is 2.24. The van der Waals surface area contributed by atoms with Gasteiger partial charge in [0, 0.05) is 25.0 Å². The number of hydrogen-bond donors (Lipinski definition) is 0. The summed E-state index contributed by atoms with van der Waals surface area (Å²) in [7, 11) is 0. The van der Waals surface area contributed by atoms with E-state index in [2.05, 4.69) is 11.8 Å². The van der Waals surface area contributed by atoms with Crippen LogP contribution < -0.4 is 0 Å². The fraction of sp³-hybridized carbons (Fsp3) is 1.00. The maximum absolute atomic E-state index is 12.0. The Morgan fingerprint density at radius 3 is 3.00 bits per heavy atom. The molecule has 0 aliphatic carbocycles. The third kappa shape index (κ3) is 3.41. The third-order valence-electron chi connectivity index (χ3n) is 2.39. The van der Waals surface area contributed by atoms with E-state index in [1.807, 2.05) is 0 Å². The second-order valence-electron chi connectivity index (χ2n) is 3.50. The van der Waals surface area contributed by atoms with Crippen molar-refractivity contribution in [2.45, 2.75) is 25.5 Å². The summed E-state index contributed by atoms with van der Waals surface area (Å²) in [6, 6.07) is 0.394. The van der Waals surface area contributed by atoms with Gasteiger partial charge in [-0.15, -0.1) is 11.6 Å². The molecule has 0 spiro atoms. The molecule has 0 aromatic rings. The van der Waals surface area contributed by atoms with Crippen molar-refractivity contribution in [1.82, 2.24) is 4.90 Å². The fourth-order valence-electron chi connectivity index (χ4n) is 1.54. The van der Waals surface area contributed by atoms with Crippen LogP contribution >= 0.6 is 11.6 Å². The molecule has 1 aliphatic heterocycles. The molecule has 1 aliphatic rings. The zero-order valence-corrected chi connectivity index (χ0v) is 8.76. The molecule has 13 heavy (non-hydrogen) atoms. The lowest BCUT2D eigenvalue weighted by atomic mass is 10.2. The zero-order chi connectivity index (χ0) is 9.68. The number of halogens is 2. The van der Waals surface area contributed by atoms with Crippen molar-refractivity contribution in [3.05, 3.63) is 0 Å². The average molecular weight is 210 g/mol.